The molecule has 1 aromatic heterocycles. The lowest BCUT2D eigenvalue weighted by Gasteiger charge is -2.22. The number of carbonyl (C=O) groups is 1. The molecule has 0 aliphatic rings. The molecule has 0 aliphatic heterocycles. The summed E-state index contributed by atoms with van der Waals surface area (Å²) in [5.74, 6) is 0.0648. The molecular weight excluding hydrogens is 399 g/mol. The molecule has 0 saturated heterocycles. The van der Waals surface area contributed by atoms with Crippen molar-refractivity contribution in [1.82, 2.24) is 15.2 Å². The van der Waals surface area contributed by atoms with Crippen molar-refractivity contribution in [1.29, 1.82) is 0 Å². The van der Waals surface area contributed by atoms with Crippen molar-refractivity contribution in [3.63, 3.8) is 0 Å². The van der Waals surface area contributed by atoms with E-state index in [9.17, 15) is 9.18 Å². The van der Waals surface area contributed by atoms with E-state index in [1.807, 2.05) is 60.7 Å². The number of aromatic nitrogens is 3. The van der Waals surface area contributed by atoms with Gasteiger partial charge < -0.3 is 4.90 Å². The fourth-order valence-corrected chi connectivity index (χ4v) is 3.66. The normalized spacial score (nSPS) is 10.7. The second kappa shape index (κ2) is 9.37. The lowest BCUT2D eigenvalue weighted by Crippen LogP contribution is -2.31. The maximum Gasteiger partial charge on any atom is 0.237 e. The summed E-state index contributed by atoms with van der Waals surface area (Å²) in [4.78, 5) is 19.1. The third kappa shape index (κ3) is 4.75. The molecule has 0 spiro atoms. The van der Waals surface area contributed by atoms with E-state index in [4.69, 9.17) is 0 Å². The van der Waals surface area contributed by atoms with Crippen molar-refractivity contribution in [2.24, 2.45) is 0 Å². The number of carbonyl (C=O) groups excluding carboxylic acids is 1. The van der Waals surface area contributed by atoms with Crippen LogP contribution in [0.3, 0.4) is 0 Å². The Labute approximate surface area is 178 Å². The van der Waals surface area contributed by atoms with Gasteiger partial charge in [0.2, 0.25) is 11.1 Å². The number of rotatable bonds is 7. The number of nitrogens with zero attached hydrogens (tertiary/aromatic N) is 3. The van der Waals surface area contributed by atoms with E-state index in [0.29, 0.717) is 23.1 Å². The molecular formula is C23H19FN4OS. The molecule has 0 fully saturated rings. The average molecular weight is 418 g/mol. The molecule has 4 rings (SSSR count). The lowest BCUT2D eigenvalue weighted by molar-refractivity contribution is -0.116. The predicted molar refractivity (Wildman–Crippen MR) is 117 cm³/mol. The van der Waals surface area contributed by atoms with Crippen LogP contribution in [0.2, 0.25) is 0 Å². The summed E-state index contributed by atoms with van der Waals surface area (Å²) in [5.41, 5.74) is 2.21. The molecule has 7 heteroatoms. The van der Waals surface area contributed by atoms with Crippen LogP contribution in [-0.2, 0) is 11.3 Å². The molecule has 5 nitrogen and oxygen atoms in total. The van der Waals surface area contributed by atoms with E-state index < -0.39 is 0 Å². The number of halogens is 1. The van der Waals surface area contributed by atoms with Gasteiger partial charge in [-0.3, -0.25) is 9.89 Å². The number of anilines is 1. The van der Waals surface area contributed by atoms with Gasteiger partial charge in [0.15, 0.2) is 5.82 Å². The van der Waals surface area contributed by atoms with Crippen LogP contribution in [0, 0.1) is 5.82 Å². The van der Waals surface area contributed by atoms with E-state index in [1.165, 1.54) is 17.8 Å². The van der Waals surface area contributed by atoms with Crippen LogP contribution < -0.4 is 4.90 Å². The first-order chi connectivity index (χ1) is 14.7. The van der Waals surface area contributed by atoms with Gasteiger partial charge in [0.1, 0.15) is 5.82 Å². The fraction of sp³-hybridized carbons (Fsp3) is 0.0870. The number of thioether (sulfide) groups is 1. The van der Waals surface area contributed by atoms with Crippen LogP contribution in [0.25, 0.3) is 11.4 Å². The molecule has 1 amide bonds. The SMILES string of the molecule is O=C(CSc1n[nH]c(-c2ccccc2F)n1)N(Cc1ccccc1)c1ccccc1. The molecule has 0 radical (unpaired) electrons. The van der Waals surface area contributed by atoms with E-state index in [0.717, 1.165) is 11.3 Å². The number of para-hydroxylation sites is 1. The number of aromatic amines is 1. The summed E-state index contributed by atoms with van der Waals surface area (Å²) < 4.78 is 13.9. The third-order valence-corrected chi connectivity index (χ3v) is 5.30. The maximum absolute atomic E-state index is 13.9. The number of H-pyrrole nitrogens is 1. The van der Waals surface area contributed by atoms with Crippen LogP contribution in [0.15, 0.2) is 90.1 Å². The summed E-state index contributed by atoms with van der Waals surface area (Å²) >= 11 is 1.22. The molecule has 1 heterocycles. The molecule has 30 heavy (non-hydrogen) atoms. The van der Waals surface area contributed by atoms with Gasteiger partial charge in [-0.1, -0.05) is 72.4 Å². The number of hydrogen-bond acceptors (Lipinski definition) is 4. The number of amides is 1. The average Bonchev–Trinajstić information content (AvgIpc) is 3.26. The van der Waals surface area contributed by atoms with E-state index >= 15 is 0 Å². The fourth-order valence-electron chi connectivity index (χ4n) is 2.99. The summed E-state index contributed by atoms with van der Waals surface area (Å²) in [5, 5.41) is 7.25. The Balaban J connectivity index is 1.47. The Kier molecular flexibility index (Phi) is 6.20. The zero-order chi connectivity index (χ0) is 20.8. The molecule has 3 aromatic carbocycles. The Morgan fingerprint density at radius 3 is 2.33 bits per heavy atom. The van der Waals surface area contributed by atoms with Gasteiger partial charge in [-0.2, -0.15) is 0 Å². The first-order valence-corrected chi connectivity index (χ1v) is 10.4. The smallest absolute Gasteiger partial charge is 0.237 e. The lowest BCUT2D eigenvalue weighted by atomic mass is 10.2. The highest BCUT2D eigenvalue weighted by atomic mass is 32.2. The van der Waals surface area contributed by atoms with Crippen molar-refractivity contribution in [3.05, 3.63) is 96.3 Å². The molecule has 0 saturated carbocycles. The first kappa shape index (κ1) is 19.8. The van der Waals surface area contributed by atoms with E-state index in [-0.39, 0.29) is 17.5 Å². The Morgan fingerprint density at radius 2 is 1.60 bits per heavy atom. The third-order valence-electron chi connectivity index (χ3n) is 4.47. The Hall–Kier alpha value is -3.45. The summed E-state index contributed by atoms with van der Waals surface area (Å²) in [6.45, 7) is 0.471. The van der Waals surface area contributed by atoms with Crippen LogP contribution in [0.5, 0.6) is 0 Å². The van der Waals surface area contributed by atoms with E-state index in [2.05, 4.69) is 15.2 Å². The van der Waals surface area contributed by atoms with Crippen LogP contribution in [0.4, 0.5) is 10.1 Å². The molecule has 0 bridgehead atoms. The molecule has 0 atom stereocenters. The van der Waals surface area contributed by atoms with Gasteiger partial charge in [0, 0.05) is 5.69 Å². The maximum atomic E-state index is 13.9. The molecule has 1 N–H and O–H groups in total. The van der Waals surface area contributed by atoms with Crippen molar-refractivity contribution in [3.8, 4) is 11.4 Å². The Morgan fingerprint density at radius 1 is 0.933 bits per heavy atom. The number of nitrogens with one attached hydrogen (secondary N) is 1. The Bertz CT molecular complexity index is 1120. The summed E-state index contributed by atoms with van der Waals surface area (Å²) in [7, 11) is 0. The zero-order valence-corrected chi connectivity index (χ0v) is 16.8. The largest absolute Gasteiger partial charge is 0.307 e. The minimum absolute atomic E-state index is 0.0627. The second-order valence-electron chi connectivity index (χ2n) is 6.54. The summed E-state index contributed by atoms with van der Waals surface area (Å²) in [6.07, 6.45) is 0. The van der Waals surface area contributed by atoms with Crippen molar-refractivity contribution in [2.75, 3.05) is 10.7 Å². The minimum Gasteiger partial charge on any atom is -0.307 e. The highest BCUT2D eigenvalue weighted by Crippen LogP contribution is 2.23. The van der Waals surface area contributed by atoms with Gasteiger partial charge in [0.25, 0.3) is 0 Å². The standard InChI is InChI=1S/C23H19FN4OS/c24-20-14-8-7-13-19(20)22-25-23(27-26-22)30-16-21(29)28(18-11-5-2-6-12-18)15-17-9-3-1-4-10-17/h1-14H,15-16H2,(H,25,26,27). The van der Waals surface area contributed by atoms with Gasteiger partial charge in [-0.25, -0.2) is 9.37 Å². The minimum atomic E-state index is -0.376. The molecule has 0 unspecified atom stereocenters. The second-order valence-corrected chi connectivity index (χ2v) is 7.48. The van der Waals surface area contributed by atoms with Gasteiger partial charge in [-0.15, -0.1) is 5.10 Å². The van der Waals surface area contributed by atoms with Crippen molar-refractivity contribution >= 4 is 23.4 Å². The molecule has 0 aliphatic carbocycles. The highest BCUT2D eigenvalue weighted by molar-refractivity contribution is 7.99. The van der Waals surface area contributed by atoms with Gasteiger partial charge >= 0.3 is 0 Å². The van der Waals surface area contributed by atoms with Gasteiger partial charge in [0.05, 0.1) is 17.9 Å². The van der Waals surface area contributed by atoms with Crippen molar-refractivity contribution in [2.45, 2.75) is 11.7 Å². The van der Waals surface area contributed by atoms with Crippen LogP contribution in [-0.4, -0.2) is 26.8 Å². The highest BCUT2D eigenvalue weighted by Gasteiger charge is 2.18. The zero-order valence-electron chi connectivity index (χ0n) is 16.0. The van der Waals surface area contributed by atoms with Gasteiger partial charge in [-0.05, 0) is 29.8 Å². The summed E-state index contributed by atoms with van der Waals surface area (Å²) in [6, 6.07) is 25.8. The number of benzene rings is 3. The monoisotopic (exact) mass is 418 g/mol. The quantitative estimate of drug-likeness (QED) is 0.432. The predicted octanol–water partition coefficient (Wildman–Crippen LogP) is 4.94. The van der Waals surface area contributed by atoms with E-state index in [1.54, 1.807) is 23.1 Å². The molecule has 150 valence electrons. The van der Waals surface area contributed by atoms with Crippen LogP contribution >= 0.6 is 11.8 Å². The topological polar surface area (TPSA) is 61.9 Å². The molecule has 4 aromatic rings. The van der Waals surface area contributed by atoms with Crippen LogP contribution in [0.1, 0.15) is 5.56 Å². The number of hydrogen-bond donors (Lipinski definition) is 1. The van der Waals surface area contributed by atoms with Crippen molar-refractivity contribution < 1.29 is 9.18 Å². The first-order valence-electron chi connectivity index (χ1n) is 9.40.